The molecule has 0 bridgehead atoms. The number of nitrogens with zero attached hydrogens (tertiary/aromatic N) is 5. The van der Waals surface area contributed by atoms with Crippen molar-refractivity contribution in [2.75, 3.05) is 0 Å². The highest BCUT2D eigenvalue weighted by Crippen LogP contribution is 2.16. The Hall–Kier alpha value is -3.14. The lowest BCUT2D eigenvalue weighted by atomic mass is 10.2. The van der Waals surface area contributed by atoms with E-state index in [4.69, 9.17) is 4.42 Å². The third-order valence-corrected chi connectivity index (χ3v) is 4.70. The highest BCUT2D eigenvalue weighted by molar-refractivity contribution is 7.16. The highest BCUT2D eigenvalue weighted by atomic mass is 32.1. The van der Waals surface area contributed by atoms with Crippen LogP contribution in [0.4, 0.5) is 4.39 Å². The maximum absolute atomic E-state index is 13.0. The van der Waals surface area contributed by atoms with Gasteiger partial charge in [0.1, 0.15) is 10.8 Å². The molecule has 0 saturated carbocycles. The Labute approximate surface area is 149 Å². The fraction of sp³-hybridized carbons (Fsp3) is 0.188. The van der Waals surface area contributed by atoms with E-state index in [1.54, 1.807) is 0 Å². The van der Waals surface area contributed by atoms with Crippen LogP contribution in [0, 0.1) is 5.82 Å². The van der Waals surface area contributed by atoms with Gasteiger partial charge < -0.3 is 4.42 Å². The minimum Gasteiger partial charge on any atom is -0.388 e. The molecule has 0 atom stereocenters. The molecular formula is C16H12FN5O3S. The summed E-state index contributed by atoms with van der Waals surface area (Å²) in [7, 11) is 0. The highest BCUT2D eigenvalue weighted by Gasteiger charge is 2.13. The molecule has 8 nitrogen and oxygen atoms in total. The second-order valence-corrected chi connectivity index (χ2v) is 6.51. The lowest BCUT2D eigenvalue weighted by Crippen LogP contribution is -2.21. The maximum atomic E-state index is 13.0. The van der Waals surface area contributed by atoms with E-state index in [1.807, 2.05) is 6.92 Å². The van der Waals surface area contributed by atoms with E-state index in [0.717, 1.165) is 9.69 Å². The Bertz CT molecular complexity index is 1210. The third-order valence-electron chi connectivity index (χ3n) is 3.65. The quantitative estimate of drug-likeness (QED) is 0.540. The Morgan fingerprint density at radius 2 is 1.96 bits per heavy atom. The number of hydrogen-bond donors (Lipinski definition) is 0. The number of aryl methyl sites for hydroxylation is 1. The molecule has 0 saturated heterocycles. The monoisotopic (exact) mass is 373 g/mol. The molecule has 10 heteroatoms. The summed E-state index contributed by atoms with van der Waals surface area (Å²) >= 11 is 1.32. The van der Waals surface area contributed by atoms with Crippen molar-refractivity contribution in [1.29, 1.82) is 0 Å². The van der Waals surface area contributed by atoms with E-state index in [9.17, 15) is 14.0 Å². The summed E-state index contributed by atoms with van der Waals surface area (Å²) in [5.74, 6) is -1.02. The molecule has 0 amide bonds. The van der Waals surface area contributed by atoms with Crippen molar-refractivity contribution >= 4 is 16.3 Å². The molecule has 0 N–H and O–H groups in total. The van der Waals surface area contributed by atoms with Gasteiger partial charge in [-0.1, -0.05) is 18.3 Å². The van der Waals surface area contributed by atoms with Gasteiger partial charge in [0.25, 0.3) is 5.56 Å². The molecule has 0 fully saturated rings. The number of rotatable bonds is 4. The van der Waals surface area contributed by atoms with Crippen LogP contribution in [0.1, 0.15) is 17.6 Å². The van der Waals surface area contributed by atoms with E-state index >= 15 is 0 Å². The number of benzene rings is 1. The van der Waals surface area contributed by atoms with Gasteiger partial charge in [0.15, 0.2) is 0 Å². The molecule has 0 unspecified atom stereocenters. The van der Waals surface area contributed by atoms with E-state index < -0.39 is 11.6 Å². The number of hydrogen-bond acceptors (Lipinski definition) is 7. The largest absolute Gasteiger partial charge is 0.437 e. The molecule has 132 valence electrons. The summed E-state index contributed by atoms with van der Waals surface area (Å²) in [4.78, 5) is 29.0. The molecule has 3 aromatic heterocycles. The van der Waals surface area contributed by atoms with Crippen LogP contribution in [-0.2, 0) is 13.0 Å². The van der Waals surface area contributed by atoms with Gasteiger partial charge >= 0.3 is 5.76 Å². The molecule has 0 spiro atoms. The first-order chi connectivity index (χ1) is 12.5. The Balaban J connectivity index is 1.69. The van der Waals surface area contributed by atoms with Crippen molar-refractivity contribution in [2.24, 2.45) is 0 Å². The Kier molecular flexibility index (Phi) is 3.96. The van der Waals surface area contributed by atoms with Crippen LogP contribution >= 0.6 is 11.3 Å². The third kappa shape index (κ3) is 2.94. The fourth-order valence-electron chi connectivity index (χ4n) is 2.39. The summed E-state index contributed by atoms with van der Waals surface area (Å²) in [6, 6.07) is 6.74. The van der Waals surface area contributed by atoms with E-state index in [0.29, 0.717) is 22.6 Å². The summed E-state index contributed by atoms with van der Waals surface area (Å²) < 4.78 is 20.4. The van der Waals surface area contributed by atoms with E-state index in [2.05, 4.69) is 15.2 Å². The van der Waals surface area contributed by atoms with Crippen molar-refractivity contribution in [2.45, 2.75) is 19.9 Å². The number of aromatic nitrogens is 5. The van der Waals surface area contributed by atoms with Gasteiger partial charge in [0, 0.05) is 11.6 Å². The molecule has 3 heterocycles. The van der Waals surface area contributed by atoms with Gasteiger partial charge in [-0.05, 0) is 30.7 Å². The first-order valence-electron chi connectivity index (χ1n) is 7.76. The molecule has 4 rings (SSSR count). The van der Waals surface area contributed by atoms with Crippen LogP contribution in [-0.4, -0.2) is 24.4 Å². The smallest absolute Gasteiger partial charge is 0.388 e. The lowest BCUT2D eigenvalue weighted by molar-refractivity contribution is 0.493. The average Bonchev–Trinajstić information content (AvgIpc) is 3.20. The Morgan fingerprint density at radius 3 is 2.69 bits per heavy atom. The predicted molar refractivity (Wildman–Crippen MR) is 91.8 cm³/mol. The lowest BCUT2D eigenvalue weighted by Gasteiger charge is -1.98. The second-order valence-electron chi connectivity index (χ2n) is 5.47. The van der Waals surface area contributed by atoms with Crippen molar-refractivity contribution in [3.8, 4) is 11.5 Å². The summed E-state index contributed by atoms with van der Waals surface area (Å²) in [6.07, 6.45) is 0.701. The topological polar surface area (TPSA) is 95.3 Å². The predicted octanol–water partition coefficient (Wildman–Crippen LogP) is 1.72. The SMILES string of the molecule is CCc1nn2c(=O)cc(Cn3nc(-c4ccc(F)cc4)oc3=O)nc2s1. The minimum absolute atomic E-state index is 0.0192. The molecule has 1 aromatic carbocycles. The van der Waals surface area contributed by atoms with Crippen LogP contribution in [0.25, 0.3) is 16.4 Å². The summed E-state index contributed by atoms with van der Waals surface area (Å²) in [6.45, 7) is 1.92. The van der Waals surface area contributed by atoms with Gasteiger partial charge in [-0.25, -0.2) is 14.2 Å². The van der Waals surface area contributed by atoms with Crippen molar-refractivity contribution in [3.63, 3.8) is 0 Å². The summed E-state index contributed by atoms with van der Waals surface area (Å²) in [5, 5.41) is 9.06. The summed E-state index contributed by atoms with van der Waals surface area (Å²) in [5.41, 5.74) is 0.527. The number of halogens is 1. The fourth-order valence-corrected chi connectivity index (χ4v) is 3.25. The van der Waals surface area contributed by atoms with Crippen LogP contribution < -0.4 is 11.3 Å². The second kappa shape index (κ2) is 6.30. The zero-order valence-electron chi connectivity index (χ0n) is 13.5. The van der Waals surface area contributed by atoms with Crippen molar-refractivity contribution in [3.05, 3.63) is 67.8 Å². The minimum atomic E-state index is -0.690. The van der Waals surface area contributed by atoms with E-state index in [-0.39, 0.29) is 18.0 Å². The van der Waals surface area contributed by atoms with Crippen LogP contribution in [0.15, 0.2) is 44.3 Å². The van der Waals surface area contributed by atoms with Gasteiger partial charge in [0.2, 0.25) is 10.9 Å². The zero-order valence-corrected chi connectivity index (χ0v) is 14.4. The molecular weight excluding hydrogens is 361 g/mol. The van der Waals surface area contributed by atoms with Gasteiger partial charge in [-0.15, -0.1) is 5.10 Å². The zero-order chi connectivity index (χ0) is 18.3. The maximum Gasteiger partial charge on any atom is 0.437 e. The van der Waals surface area contributed by atoms with Gasteiger partial charge in [0.05, 0.1) is 12.2 Å². The van der Waals surface area contributed by atoms with Crippen LogP contribution in [0.2, 0.25) is 0 Å². The molecule has 0 aliphatic rings. The molecule has 0 aliphatic heterocycles. The molecule has 0 radical (unpaired) electrons. The van der Waals surface area contributed by atoms with E-state index in [1.165, 1.54) is 46.2 Å². The first kappa shape index (κ1) is 16.3. The van der Waals surface area contributed by atoms with Crippen LogP contribution in [0.5, 0.6) is 0 Å². The first-order valence-corrected chi connectivity index (χ1v) is 8.57. The molecule has 4 aromatic rings. The van der Waals surface area contributed by atoms with Gasteiger partial charge in [-0.3, -0.25) is 4.79 Å². The standard InChI is InChI=1S/C16H12FN5O3S/c1-2-12-19-22-13(23)7-11(18-15(22)26-12)8-21-16(24)25-14(20-21)9-3-5-10(17)6-4-9/h3-7H,2,8H2,1H3. The van der Waals surface area contributed by atoms with Crippen molar-refractivity contribution < 1.29 is 8.81 Å². The average molecular weight is 373 g/mol. The molecule has 0 aliphatic carbocycles. The van der Waals surface area contributed by atoms with Gasteiger partial charge in [-0.2, -0.15) is 14.3 Å². The molecule has 26 heavy (non-hydrogen) atoms. The number of fused-ring (bicyclic) bond motifs is 1. The normalized spacial score (nSPS) is 11.3. The van der Waals surface area contributed by atoms with Crippen LogP contribution in [0.3, 0.4) is 0 Å². The van der Waals surface area contributed by atoms with Crippen molar-refractivity contribution in [1.82, 2.24) is 24.4 Å². The Morgan fingerprint density at radius 1 is 1.19 bits per heavy atom.